The SMILES string of the molecule is Cc1ccc(Nc2ncnc(NCCN3CCOCC3)c2N)cc1C. The number of anilines is 4. The first-order chi connectivity index (χ1) is 12.1. The highest BCUT2D eigenvalue weighted by atomic mass is 16.5. The van der Waals surface area contributed by atoms with E-state index in [2.05, 4.69) is 51.5 Å². The Hall–Kier alpha value is -2.38. The van der Waals surface area contributed by atoms with Gasteiger partial charge in [0, 0.05) is 31.9 Å². The molecule has 0 bridgehead atoms. The van der Waals surface area contributed by atoms with Crippen molar-refractivity contribution in [1.29, 1.82) is 0 Å². The molecule has 7 heteroatoms. The van der Waals surface area contributed by atoms with E-state index < -0.39 is 0 Å². The van der Waals surface area contributed by atoms with Crippen LogP contribution in [0.2, 0.25) is 0 Å². The van der Waals surface area contributed by atoms with Crippen LogP contribution in [0, 0.1) is 13.8 Å². The van der Waals surface area contributed by atoms with Gasteiger partial charge in [0.05, 0.1) is 13.2 Å². The van der Waals surface area contributed by atoms with Crippen molar-refractivity contribution < 1.29 is 4.74 Å². The molecule has 1 aromatic heterocycles. The maximum atomic E-state index is 6.23. The van der Waals surface area contributed by atoms with Gasteiger partial charge < -0.3 is 21.1 Å². The Kier molecular flexibility index (Phi) is 5.67. The molecule has 25 heavy (non-hydrogen) atoms. The zero-order chi connectivity index (χ0) is 17.6. The summed E-state index contributed by atoms with van der Waals surface area (Å²) in [7, 11) is 0. The Balaban J connectivity index is 1.61. The van der Waals surface area contributed by atoms with Crippen molar-refractivity contribution >= 4 is 23.0 Å². The number of ether oxygens (including phenoxy) is 1. The van der Waals surface area contributed by atoms with Gasteiger partial charge in [-0.2, -0.15) is 0 Å². The molecule has 2 aromatic rings. The van der Waals surface area contributed by atoms with Crippen LogP contribution in [-0.4, -0.2) is 54.3 Å². The van der Waals surface area contributed by atoms with Crippen molar-refractivity contribution in [3.63, 3.8) is 0 Å². The van der Waals surface area contributed by atoms with Crippen molar-refractivity contribution in [2.45, 2.75) is 13.8 Å². The van der Waals surface area contributed by atoms with Crippen molar-refractivity contribution in [3.8, 4) is 0 Å². The lowest BCUT2D eigenvalue weighted by Gasteiger charge is -2.26. The molecule has 134 valence electrons. The molecule has 0 atom stereocenters. The first-order valence-corrected chi connectivity index (χ1v) is 8.62. The molecule has 0 amide bonds. The molecule has 1 aliphatic rings. The van der Waals surface area contributed by atoms with Crippen LogP contribution < -0.4 is 16.4 Å². The normalized spacial score (nSPS) is 15.1. The Morgan fingerprint density at radius 1 is 1.12 bits per heavy atom. The van der Waals surface area contributed by atoms with Gasteiger partial charge in [-0.3, -0.25) is 4.90 Å². The maximum Gasteiger partial charge on any atom is 0.159 e. The van der Waals surface area contributed by atoms with Crippen LogP contribution in [0.15, 0.2) is 24.5 Å². The minimum atomic E-state index is 0.530. The summed E-state index contributed by atoms with van der Waals surface area (Å²) in [6.07, 6.45) is 1.52. The van der Waals surface area contributed by atoms with Crippen molar-refractivity contribution in [2.75, 3.05) is 55.8 Å². The summed E-state index contributed by atoms with van der Waals surface area (Å²) in [5, 5.41) is 6.59. The second-order valence-corrected chi connectivity index (χ2v) is 6.29. The first-order valence-electron chi connectivity index (χ1n) is 8.62. The summed E-state index contributed by atoms with van der Waals surface area (Å²) in [5.74, 6) is 1.28. The topological polar surface area (TPSA) is 88.3 Å². The van der Waals surface area contributed by atoms with E-state index in [1.165, 1.54) is 17.5 Å². The quantitative estimate of drug-likeness (QED) is 0.741. The Morgan fingerprint density at radius 3 is 2.64 bits per heavy atom. The van der Waals surface area contributed by atoms with E-state index in [0.717, 1.165) is 45.1 Å². The van der Waals surface area contributed by atoms with Gasteiger partial charge in [0.25, 0.3) is 0 Å². The lowest BCUT2D eigenvalue weighted by Crippen LogP contribution is -2.39. The largest absolute Gasteiger partial charge is 0.393 e. The van der Waals surface area contributed by atoms with Crippen LogP contribution >= 0.6 is 0 Å². The maximum absolute atomic E-state index is 6.23. The van der Waals surface area contributed by atoms with Crippen LogP contribution in [-0.2, 0) is 4.74 Å². The van der Waals surface area contributed by atoms with E-state index in [-0.39, 0.29) is 0 Å². The van der Waals surface area contributed by atoms with Gasteiger partial charge in [-0.25, -0.2) is 9.97 Å². The molecule has 4 N–H and O–H groups in total. The minimum Gasteiger partial charge on any atom is -0.393 e. The molecule has 0 spiro atoms. The van der Waals surface area contributed by atoms with Crippen molar-refractivity contribution in [3.05, 3.63) is 35.7 Å². The van der Waals surface area contributed by atoms with Gasteiger partial charge in [0.15, 0.2) is 11.6 Å². The molecule has 3 rings (SSSR count). The smallest absolute Gasteiger partial charge is 0.159 e. The summed E-state index contributed by atoms with van der Waals surface area (Å²) in [6.45, 7) is 9.45. The number of morpholine rings is 1. The average molecular weight is 342 g/mol. The van der Waals surface area contributed by atoms with Crippen molar-refractivity contribution in [1.82, 2.24) is 14.9 Å². The number of nitrogens with one attached hydrogen (secondary N) is 2. The third kappa shape index (κ3) is 4.58. The second-order valence-electron chi connectivity index (χ2n) is 6.29. The van der Waals surface area contributed by atoms with E-state index in [4.69, 9.17) is 10.5 Å². The van der Waals surface area contributed by atoms with Crippen LogP contribution in [0.5, 0.6) is 0 Å². The minimum absolute atomic E-state index is 0.530. The lowest BCUT2D eigenvalue weighted by atomic mass is 10.1. The number of hydrogen-bond acceptors (Lipinski definition) is 7. The van der Waals surface area contributed by atoms with Gasteiger partial charge >= 0.3 is 0 Å². The molecule has 1 aliphatic heterocycles. The number of nitrogens with zero attached hydrogens (tertiary/aromatic N) is 3. The van der Waals surface area contributed by atoms with Crippen molar-refractivity contribution in [2.24, 2.45) is 0 Å². The van der Waals surface area contributed by atoms with Gasteiger partial charge in [0.2, 0.25) is 0 Å². The van der Waals surface area contributed by atoms with Crippen LogP contribution in [0.4, 0.5) is 23.0 Å². The predicted octanol–water partition coefficient (Wildman–Crippen LogP) is 2.16. The molecule has 0 unspecified atom stereocenters. The average Bonchev–Trinajstić information content (AvgIpc) is 2.62. The molecular weight excluding hydrogens is 316 g/mol. The fraction of sp³-hybridized carbons (Fsp3) is 0.444. The summed E-state index contributed by atoms with van der Waals surface area (Å²) in [4.78, 5) is 10.9. The summed E-state index contributed by atoms with van der Waals surface area (Å²) >= 11 is 0. The molecule has 7 nitrogen and oxygen atoms in total. The lowest BCUT2D eigenvalue weighted by molar-refractivity contribution is 0.0398. The second kappa shape index (κ2) is 8.13. The van der Waals surface area contributed by atoms with E-state index in [1.807, 2.05) is 6.07 Å². The highest BCUT2D eigenvalue weighted by molar-refractivity contribution is 5.77. The van der Waals surface area contributed by atoms with Gasteiger partial charge in [-0.15, -0.1) is 0 Å². The highest BCUT2D eigenvalue weighted by Gasteiger charge is 2.11. The highest BCUT2D eigenvalue weighted by Crippen LogP contribution is 2.26. The van der Waals surface area contributed by atoms with Crippen LogP contribution in [0.25, 0.3) is 0 Å². The molecule has 0 radical (unpaired) electrons. The predicted molar refractivity (Wildman–Crippen MR) is 101 cm³/mol. The third-order valence-electron chi connectivity index (χ3n) is 4.48. The molecular formula is C18H26N6O. The van der Waals surface area contributed by atoms with E-state index >= 15 is 0 Å². The van der Waals surface area contributed by atoms with E-state index in [1.54, 1.807) is 0 Å². The van der Waals surface area contributed by atoms with Crippen LogP contribution in [0.3, 0.4) is 0 Å². The number of aryl methyl sites for hydroxylation is 2. The fourth-order valence-corrected chi connectivity index (χ4v) is 2.75. The number of aromatic nitrogens is 2. The van der Waals surface area contributed by atoms with Crippen LogP contribution in [0.1, 0.15) is 11.1 Å². The number of benzene rings is 1. The first kappa shape index (κ1) is 17.4. The van der Waals surface area contributed by atoms with Gasteiger partial charge in [-0.05, 0) is 37.1 Å². The fourth-order valence-electron chi connectivity index (χ4n) is 2.75. The van der Waals surface area contributed by atoms with Gasteiger partial charge in [-0.1, -0.05) is 6.07 Å². The number of hydrogen-bond donors (Lipinski definition) is 3. The Morgan fingerprint density at radius 2 is 1.88 bits per heavy atom. The number of nitrogens with two attached hydrogens (primary N) is 1. The number of rotatable bonds is 6. The molecule has 0 saturated carbocycles. The zero-order valence-electron chi connectivity index (χ0n) is 14.9. The number of nitrogen functional groups attached to an aromatic ring is 1. The van der Waals surface area contributed by atoms with E-state index in [9.17, 15) is 0 Å². The molecule has 1 saturated heterocycles. The molecule has 2 heterocycles. The zero-order valence-corrected chi connectivity index (χ0v) is 14.9. The van der Waals surface area contributed by atoms with Gasteiger partial charge in [0.1, 0.15) is 12.0 Å². The summed E-state index contributed by atoms with van der Waals surface area (Å²) in [6, 6.07) is 6.19. The Labute approximate surface area is 148 Å². The monoisotopic (exact) mass is 342 g/mol. The third-order valence-corrected chi connectivity index (χ3v) is 4.48. The molecule has 0 aliphatic carbocycles. The molecule has 1 fully saturated rings. The summed E-state index contributed by atoms with van der Waals surface area (Å²) < 4.78 is 5.36. The standard InChI is InChI=1S/C18H26N6O/c1-13-3-4-15(11-14(13)2)23-18-16(19)17(21-12-22-18)20-5-6-24-7-9-25-10-8-24/h3-4,11-12H,5-10,19H2,1-2H3,(H2,20,21,22,23). The molecule has 1 aromatic carbocycles. The Bertz CT molecular complexity index is 715. The summed E-state index contributed by atoms with van der Waals surface area (Å²) in [5.41, 5.74) is 10.2. The van der Waals surface area contributed by atoms with E-state index in [0.29, 0.717) is 17.3 Å².